The van der Waals surface area contributed by atoms with E-state index in [-0.39, 0.29) is 5.25 Å². The van der Waals surface area contributed by atoms with Gasteiger partial charge >= 0.3 is 0 Å². The van der Waals surface area contributed by atoms with Gasteiger partial charge in [-0.2, -0.15) is 0 Å². The van der Waals surface area contributed by atoms with Crippen molar-refractivity contribution in [1.29, 1.82) is 0 Å². The molecule has 1 aliphatic heterocycles. The van der Waals surface area contributed by atoms with E-state index in [0.29, 0.717) is 19.0 Å². The summed E-state index contributed by atoms with van der Waals surface area (Å²) in [6, 6.07) is 1.97. The zero-order valence-electron chi connectivity index (χ0n) is 12.8. The third kappa shape index (κ3) is 3.20. The van der Waals surface area contributed by atoms with E-state index in [4.69, 9.17) is 0 Å². The van der Waals surface area contributed by atoms with Crippen molar-refractivity contribution in [2.75, 3.05) is 25.0 Å². The lowest BCUT2D eigenvalue weighted by atomic mass is 9.98. The molecule has 0 atom stereocenters. The second-order valence-corrected chi connectivity index (χ2v) is 9.57. The third-order valence-electron chi connectivity index (χ3n) is 4.61. The van der Waals surface area contributed by atoms with Gasteiger partial charge in [-0.3, -0.25) is 4.98 Å². The Morgan fingerprint density at radius 2 is 2.04 bits per heavy atom. The molecule has 0 aromatic carbocycles. The predicted octanol–water partition coefficient (Wildman–Crippen LogP) is 2.31. The van der Waals surface area contributed by atoms with Gasteiger partial charge in [-0.1, -0.05) is 11.3 Å². The molecule has 2 aromatic heterocycles. The Bertz CT molecular complexity index is 760. The molecule has 2 aliphatic rings. The van der Waals surface area contributed by atoms with Gasteiger partial charge in [0.1, 0.15) is 5.52 Å². The number of rotatable bonds is 5. The van der Waals surface area contributed by atoms with Crippen molar-refractivity contribution >= 4 is 36.7 Å². The van der Waals surface area contributed by atoms with Gasteiger partial charge in [0.05, 0.1) is 16.1 Å². The van der Waals surface area contributed by atoms with Crippen LogP contribution in [0.5, 0.6) is 0 Å². The van der Waals surface area contributed by atoms with Crippen LogP contribution < -0.4 is 5.32 Å². The summed E-state index contributed by atoms with van der Waals surface area (Å²) in [5.41, 5.74) is 0.922. The highest BCUT2D eigenvalue weighted by Gasteiger charge is 2.41. The Morgan fingerprint density at radius 3 is 2.74 bits per heavy atom. The molecule has 2 fully saturated rings. The first-order valence-corrected chi connectivity index (χ1v) is 10.4. The summed E-state index contributed by atoms with van der Waals surface area (Å²) in [5, 5.41) is 4.23. The third-order valence-corrected chi connectivity index (χ3v) is 8.00. The van der Waals surface area contributed by atoms with Gasteiger partial charge in [0, 0.05) is 25.8 Å². The van der Waals surface area contributed by atoms with Crippen molar-refractivity contribution in [3.05, 3.63) is 18.5 Å². The molecule has 4 rings (SSSR count). The number of anilines is 1. The molecule has 23 heavy (non-hydrogen) atoms. The topological polar surface area (TPSA) is 75.2 Å². The van der Waals surface area contributed by atoms with E-state index in [9.17, 15) is 8.42 Å². The standard InChI is InChI=1S/C15H20N4O2S2/c20-23(21,12-1-2-12)19-7-4-11(5-8-19)9-17-15-18-13-10-16-6-3-14(13)22-15/h3,6,10-12H,1-2,4-5,7-9H2,(H,17,18). The molecule has 1 N–H and O–H groups in total. The SMILES string of the molecule is O=S(=O)(C1CC1)N1CCC(CNc2nc3cnccc3s2)CC1. The minimum atomic E-state index is -3.00. The van der Waals surface area contributed by atoms with Crippen LogP contribution in [-0.2, 0) is 10.0 Å². The monoisotopic (exact) mass is 352 g/mol. The smallest absolute Gasteiger partial charge is 0.216 e. The lowest BCUT2D eigenvalue weighted by Gasteiger charge is -2.31. The predicted molar refractivity (Wildman–Crippen MR) is 92.1 cm³/mol. The molecule has 0 unspecified atom stereocenters. The summed E-state index contributed by atoms with van der Waals surface area (Å²) >= 11 is 1.63. The first-order chi connectivity index (χ1) is 11.1. The van der Waals surface area contributed by atoms with E-state index in [2.05, 4.69) is 15.3 Å². The molecule has 6 nitrogen and oxygen atoms in total. The van der Waals surface area contributed by atoms with Gasteiger partial charge in [0.25, 0.3) is 0 Å². The summed E-state index contributed by atoms with van der Waals surface area (Å²) in [6.07, 6.45) is 7.09. The van der Waals surface area contributed by atoms with Crippen molar-refractivity contribution in [2.24, 2.45) is 5.92 Å². The van der Waals surface area contributed by atoms with Crippen molar-refractivity contribution < 1.29 is 8.42 Å². The van der Waals surface area contributed by atoms with Crippen LogP contribution >= 0.6 is 11.3 Å². The molecule has 8 heteroatoms. The van der Waals surface area contributed by atoms with Crippen LogP contribution in [0, 0.1) is 5.92 Å². The minimum Gasteiger partial charge on any atom is -0.361 e. The van der Waals surface area contributed by atoms with Crippen LogP contribution in [0.15, 0.2) is 18.5 Å². The second-order valence-electron chi connectivity index (χ2n) is 6.33. The number of thiazole rings is 1. The van der Waals surface area contributed by atoms with Gasteiger partial charge in [0.15, 0.2) is 5.13 Å². The van der Waals surface area contributed by atoms with Crippen molar-refractivity contribution in [1.82, 2.24) is 14.3 Å². The summed E-state index contributed by atoms with van der Waals surface area (Å²) in [6.45, 7) is 2.18. The van der Waals surface area contributed by atoms with Gasteiger partial charge in [0.2, 0.25) is 10.0 Å². The van der Waals surface area contributed by atoms with Crippen molar-refractivity contribution in [3.63, 3.8) is 0 Å². The molecule has 1 saturated carbocycles. The average molecular weight is 352 g/mol. The summed E-state index contributed by atoms with van der Waals surface area (Å²) < 4.78 is 27.3. The molecule has 1 saturated heterocycles. The van der Waals surface area contributed by atoms with E-state index < -0.39 is 10.0 Å². The number of nitrogens with zero attached hydrogens (tertiary/aromatic N) is 3. The molecule has 0 radical (unpaired) electrons. The molecule has 0 amide bonds. The molecule has 2 aromatic rings. The Kier molecular flexibility index (Phi) is 3.98. The van der Waals surface area contributed by atoms with Gasteiger partial charge in [-0.25, -0.2) is 17.7 Å². The van der Waals surface area contributed by atoms with E-state index >= 15 is 0 Å². The lowest BCUT2D eigenvalue weighted by Crippen LogP contribution is -2.41. The fourth-order valence-corrected chi connectivity index (χ4v) is 5.74. The number of aromatic nitrogens is 2. The Morgan fingerprint density at radius 1 is 1.26 bits per heavy atom. The summed E-state index contributed by atoms with van der Waals surface area (Å²) in [5.74, 6) is 0.505. The number of piperidine rings is 1. The average Bonchev–Trinajstić information content (AvgIpc) is 3.34. The number of pyridine rings is 1. The summed E-state index contributed by atoms with van der Waals surface area (Å²) in [7, 11) is -3.00. The van der Waals surface area contributed by atoms with Crippen LogP contribution in [-0.4, -0.2) is 47.6 Å². The Labute approximate surface area is 140 Å². The van der Waals surface area contributed by atoms with Gasteiger partial charge in [-0.15, -0.1) is 0 Å². The zero-order chi connectivity index (χ0) is 15.9. The highest BCUT2D eigenvalue weighted by atomic mass is 32.2. The van der Waals surface area contributed by atoms with Crippen LogP contribution in [0.25, 0.3) is 10.2 Å². The van der Waals surface area contributed by atoms with Crippen LogP contribution in [0.1, 0.15) is 25.7 Å². The first kappa shape index (κ1) is 15.3. The van der Waals surface area contributed by atoms with Crippen LogP contribution in [0.3, 0.4) is 0 Å². The van der Waals surface area contributed by atoms with E-state index in [1.807, 2.05) is 6.07 Å². The minimum absolute atomic E-state index is 0.0893. The molecule has 124 valence electrons. The number of fused-ring (bicyclic) bond motifs is 1. The normalized spacial score (nSPS) is 20.9. The van der Waals surface area contributed by atoms with Gasteiger partial charge < -0.3 is 5.32 Å². The first-order valence-electron chi connectivity index (χ1n) is 8.06. The van der Waals surface area contributed by atoms with E-state index in [1.165, 1.54) is 0 Å². The molecular formula is C15H20N4O2S2. The quantitative estimate of drug-likeness (QED) is 0.894. The molecule has 1 aliphatic carbocycles. The molecule has 0 spiro atoms. The van der Waals surface area contributed by atoms with E-state index in [0.717, 1.165) is 47.6 Å². The fourth-order valence-electron chi connectivity index (χ4n) is 3.03. The van der Waals surface area contributed by atoms with E-state index in [1.54, 1.807) is 28.0 Å². The fraction of sp³-hybridized carbons (Fsp3) is 0.600. The van der Waals surface area contributed by atoms with Crippen molar-refractivity contribution in [3.8, 4) is 0 Å². The maximum atomic E-state index is 12.2. The number of hydrogen-bond acceptors (Lipinski definition) is 6. The highest BCUT2D eigenvalue weighted by Crippen LogP contribution is 2.33. The maximum Gasteiger partial charge on any atom is 0.216 e. The number of nitrogens with one attached hydrogen (secondary N) is 1. The zero-order valence-corrected chi connectivity index (χ0v) is 14.4. The summed E-state index contributed by atoms with van der Waals surface area (Å²) in [4.78, 5) is 8.60. The Balaban J connectivity index is 1.31. The van der Waals surface area contributed by atoms with Crippen LogP contribution in [0.2, 0.25) is 0 Å². The molecule has 0 bridgehead atoms. The highest BCUT2D eigenvalue weighted by molar-refractivity contribution is 7.90. The largest absolute Gasteiger partial charge is 0.361 e. The molecular weight excluding hydrogens is 332 g/mol. The maximum absolute atomic E-state index is 12.2. The Hall–Kier alpha value is -1.25. The van der Waals surface area contributed by atoms with Gasteiger partial charge in [-0.05, 0) is 37.7 Å². The molecule has 3 heterocycles. The lowest BCUT2D eigenvalue weighted by molar-refractivity contribution is 0.282. The number of hydrogen-bond donors (Lipinski definition) is 1. The second kappa shape index (κ2) is 5.99. The number of sulfonamides is 1. The van der Waals surface area contributed by atoms with Crippen molar-refractivity contribution in [2.45, 2.75) is 30.9 Å². The van der Waals surface area contributed by atoms with Crippen LogP contribution in [0.4, 0.5) is 5.13 Å².